The van der Waals surface area contributed by atoms with Gasteiger partial charge in [0.1, 0.15) is 0 Å². The average Bonchev–Trinajstić information content (AvgIpc) is 2.92. The van der Waals surface area contributed by atoms with Crippen molar-refractivity contribution in [1.29, 1.82) is 0 Å². The van der Waals surface area contributed by atoms with Gasteiger partial charge in [-0.15, -0.1) is 0 Å². The highest BCUT2D eigenvalue weighted by atomic mass is 16.5. The monoisotopic (exact) mass is 473 g/mol. The van der Waals surface area contributed by atoms with Gasteiger partial charge in [-0.3, -0.25) is 9.59 Å². The van der Waals surface area contributed by atoms with Gasteiger partial charge < -0.3 is 25.4 Å². The molecule has 1 saturated heterocycles. The van der Waals surface area contributed by atoms with Gasteiger partial charge >= 0.3 is 0 Å². The van der Waals surface area contributed by atoms with E-state index in [1.54, 1.807) is 37.4 Å². The minimum absolute atomic E-state index is 0.183. The number of piperidine rings is 1. The standard InChI is InChI=1S/C28H31N3O4/c1-34-25-12-11-22(16-26(25)35-2)27(32)30-17-19-6-3-8-21(14-19)28(33)31-24-10-4-7-20(15-24)23-9-5-13-29-18-23/h3-4,6-8,10-12,14-16,23,29H,5,9,13,17-18H2,1-2H3,(H,30,32)(H,31,33). The average molecular weight is 474 g/mol. The number of rotatable bonds is 8. The summed E-state index contributed by atoms with van der Waals surface area (Å²) in [6, 6.07) is 20.3. The van der Waals surface area contributed by atoms with Gasteiger partial charge in [-0.05, 0) is 78.9 Å². The highest BCUT2D eigenvalue weighted by Crippen LogP contribution is 2.28. The third kappa shape index (κ3) is 6.19. The number of hydrogen-bond donors (Lipinski definition) is 3. The van der Waals surface area contributed by atoms with E-state index in [0.717, 1.165) is 37.2 Å². The summed E-state index contributed by atoms with van der Waals surface area (Å²) in [5.74, 6) is 1.09. The van der Waals surface area contributed by atoms with E-state index in [1.807, 2.05) is 24.3 Å². The number of amides is 2. The van der Waals surface area contributed by atoms with Crippen molar-refractivity contribution in [3.8, 4) is 11.5 Å². The molecule has 7 heteroatoms. The van der Waals surface area contributed by atoms with Crippen LogP contribution in [0.15, 0.2) is 66.7 Å². The van der Waals surface area contributed by atoms with Gasteiger partial charge in [0, 0.05) is 29.9 Å². The van der Waals surface area contributed by atoms with Crippen LogP contribution in [0.25, 0.3) is 0 Å². The van der Waals surface area contributed by atoms with Crippen LogP contribution in [0, 0.1) is 0 Å². The third-order valence-corrected chi connectivity index (χ3v) is 6.20. The van der Waals surface area contributed by atoms with Crippen LogP contribution in [0.1, 0.15) is 50.6 Å². The van der Waals surface area contributed by atoms with E-state index in [2.05, 4.69) is 28.1 Å². The fourth-order valence-corrected chi connectivity index (χ4v) is 4.29. The zero-order valence-electron chi connectivity index (χ0n) is 20.1. The number of carbonyl (C=O) groups excluding carboxylic acids is 2. The Kier molecular flexibility index (Phi) is 8.00. The van der Waals surface area contributed by atoms with Crippen LogP contribution in [0.2, 0.25) is 0 Å². The Morgan fingerprint density at radius 2 is 1.71 bits per heavy atom. The minimum Gasteiger partial charge on any atom is -0.493 e. The molecule has 1 fully saturated rings. The summed E-state index contributed by atoms with van der Waals surface area (Å²) in [7, 11) is 3.07. The first-order chi connectivity index (χ1) is 17.1. The van der Waals surface area contributed by atoms with E-state index in [-0.39, 0.29) is 11.8 Å². The van der Waals surface area contributed by atoms with Crippen molar-refractivity contribution in [3.63, 3.8) is 0 Å². The van der Waals surface area contributed by atoms with Crippen molar-refractivity contribution in [2.24, 2.45) is 0 Å². The molecule has 1 atom stereocenters. The lowest BCUT2D eigenvalue weighted by molar-refractivity contribution is 0.0950. The molecule has 1 unspecified atom stereocenters. The SMILES string of the molecule is COc1ccc(C(=O)NCc2cccc(C(=O)Nc3cccc(C4CCCNC4)c3)c2)cc1OC. The zero-order chi connectivity index (χ0) is 24.6. The molecule has 4 rings (SSSR count). The lowest BCUT2D eigenvalue weighted by Gasteiger charge is -2.23. The predicted molar refractivity (Wildman–Crippen MR) is 136 cm³/mol. The smallest absolute Gasteiger partial charge is 0.255 e. The Balaban J connectivity index is 1.38. The second-order valence-electron chi connectivity index (χ2n) is 8.58. The molecular formula is C28H31N3O4. The quantitative estimate of drug-likeness (QED) is 0.453. The van der Waals surface area contributed by atoms with Gasteiger partial charge in [-0.1, -0.05) is 24.3 Å². The maximum atomic E-state index is 12.9. The van der Waals surface area contributed by atoms with Gasteiger partial charge in [0.25, 0.3) is 11.8 Å². The van der Waals surface area contributed by atoms with Crippen molar-refractivity contribution >= 4 is 17.5 Å². The molecular weight excluding hydrogens is 442 g/mol. The van der Waals surface area contributed by atoms with Crippen LogP contribution in [-0.4, -0.2) is 39.1 Å². The summed E-state index contributed by atoms with van der Waals surface area (Å²) in [6.07, 6.45) is 2.32. The van der Waals surface area contributed by atoms with Gasteiger partial charge in [-0.25, -0.2) is 0 Å². The Morgan fingerprint density at radius 1 is 0.914 bits per heavy atom. The Hall–Kier alpha value is -3.84. The number of carbonyl (C=O) groups is 2. The molecule has 35 heavy (non-hydrogen) atoms. The minimum atomic E-state index is -0.241. The molecule has 0 radical (unpaired) electrons. The zero-order valence-corrected chi connectivity index (χ0v) is 20.1. The molecule has 1 aliphatic heterocycles. The molecule has 2 amide bonds. The molecule has 7 nitrogen and oxygen atoms in total. The number of ether oxygens (including phenoxy) is 2. The fraction of sp³-hybridized carbons (Fsp3) is 0.286. The maximum absolute atomic E-state index is 12.9. The molecule has 0 bridgehead atoms. The Morgan fingerprint density at radius 3 is 2.49 bits per heavy atom. The molecule has 3 aromatic carbocycles. The normalized spacial score (nSPS) is 15.2. The van der Waals surface area contributed by atoms with Crippen LogP contribution >= 0.6 is 0 Å². The summed E-state index contributed by atoms with van der Waals surface area (Å²) in [5.41, 5.74) is 3.84. The molecule has 0 aromatic heterocycles. The van der Waals surface area contributed by atoms with Crippen molar-refractivity contribution in [2.45, 2.75) is 25.3 Å². The number of methoxy groups -OCH3 is 2. The van der Waals surface area contributed by atoms with Gasteiger partial charge in [0.2, 0.25) is 0 Å². The second kappa shape index (κ2) is 11.5. The molecule has 0 spiro atoms. The van der Waals surface area contributed by atoms with Gasteiger partial charge in [-0.2, -0.15) is 0 Å². The number of hydrogen-bond acceptors (Lipinski definition) is 5. The summed E-state index contributed by atoms with van der Waals surface area (Å²) >= 11 is 0. The van der Waals surface area contributed by atoms with Crippen LogP contribution in [0.3, 0.4) is 0 Å². The van der Waals surface area contributed by atoms with Gasteiger partial charge in [0.05, 0.1) is 14.2 Å². The molecule has 0 aliphatic carbocycles. The Labute approximate surface area is 205 Å². The van der Waals surface area contributed by atoms with Crippen molar-refractivity contribution in [2.75, 3.05) is 32.6 Å². The largest absolute Gasteiger partial charge is 0.493 e. The summed E-state index contributed by atoms with van der Waals surface area (Å²) in [6.45, 7) is 2.32. The third-order valence-electron chi connectivity index (χ3n) is 6.20. The number of benzene rings is 3. The fourth-order valence-electron chi connectivity index (χ4n) is 4.29. The summed E-state index contributed by atoms with van der Waals surface area (Å²) < 4.78 is 10.5. The van der Waals surface area contributed by atoms with Crippen LogP contribution in [0.4, 0.5) is 5.69 Å². The highest BCUT2D eigenvalue weighted by molar-refractivity contribution is 6.04. The van der Waals surface area contributed by atoms with Crippen molar-refractivity contribution in [3.05, 3.63) is 89.0 Å². The number of anilines is 1. The summed E-state index contributed by atoms with van der Waals surface area (Å²) in [5, 5.41) is 9.33. The topological polar surface area (TPSA) is 88.7 Å². The van der Waals surface area contributed by atoms with E-state index >= 15 is 0 Å². The van der Waals surface area contributed by atoms with E-state index in [9.17, 15) is 9.59 Å². The predicted octanol–water partition coefficient (Wildman–Crippen LogP) is 4.35. The molecule has 1 heterocycles. The van der Waals surface area contributed by atoms with Crippen molar-refractivity contribution < 1.29 is 19.1 Å². The lowest BCUT2D eigenvalue weighted by Crippen LogP contribution is -2.28. The maximum Gasteiger partial charge on any atom is 0.255 e. The highest BCUT2D eigenvalue weighted by Gasteiger charge is 2.16. The molecule has 1 aliphatic rings. The van der Waals surface area contributed by atoms with Crippen molar-refractivity contribution in [1.82, 2.24) is 10.6 Å². The lowest BCUT2D eigenvalue weighted by atomic mass is 9.91. The molecule has 3 N–H and O–H groups in total. The van der Waals surface area contributed by atoms with E-state index in [0.29, 0.717) is 35.1 Å². The van der Waals surface area contributed by atoms with Crippen LogP contribution in [-0.2, 0) is 6.54 Å². The first kappa shape index (κ1) is 24.3. The molecule has 0 saturated carbocycles. The van der Waals surface area contributed by atoms with Crippen LogP contribution in [0.5, 0.6) is 11.5 Å². The molecule has 3 aromatic rings. The molecule has 182 valence electrons. The van der Waals surface area contributed by atoms with E-state index in [1.165, 1.54) is 12.7 Å². The second-order valence-corrected chi connectivity index (χ2v) is 8.58. The van der Waals surface area contributed by atoms with Gasteiger partial charge in [0.15, 0.2) is 11.5 Å². The van der Waals surface area contributed by atoms with E-state index < -0.39 is 0 Å². The Bertz CT molecular complexity index is 1190. The first-order valence-electron chi connectivity index (χ1n) is 11.8. The number of nitrogens with one attached hydrogen (secondary N) is 3. The first-order valence-corrected chi connectivity index (χ1v) is 11.8. The van der Waals surface area contributed by atoms with E-state index in [4.69, 9.17) is 9.47 Å². The summed E-state index contributed by atoms with van der Waals surface area (Å²) in [4.78, 5) is 25.5. The van der Waals surface area contributed by atoms with Crippen LogP contribution < -0.4 is 25.4 Å².